The Morgan fingerprint density at radius 1 is 0.950 bits per heavy atom. The highest BCUT2D eigenvalue weighted by atomic mass is 19.4. The van der Waals surface area contributed by atoms with Gasteiger partial charge in [0.2, 0.25) is 11.8 Å². The van der Waals surface area contributed by atoms with Gasteiger partial charge in [-0.25, -0.2) is 0 Å². The molecule has 8 nitrogen and oxygen atoms in total. The molecule has 3 unspecified atom stereocenters. The third kappa shape index (κ3) is 5.26. The number of amides is 3. The number of nitrogens with one attached hydrogen (secondary N) is 1. The number of hydrogen-bond donors (Lipinski definition) is 1. The van der Waals surface area contributed by atoms with Gasteiger partial charge in [-0.2, -0.15) is 0 Å². The van der Waals surface area contributed by atoms with Gasteiger partial charge >= 0.3 is 6.36 Å². The molecule has 2 saturated heterocycles. The second-order valence-corrected chi connectivity index (χ2v) is 11.0. The van der Waals surface area contributed by atoms with E-state index in [0.29, 0.717) is 36.4 Å². The van der Waals surface area contributed by atoms with Crippen LogP contribution in [0, 0.1) is 0 Å². The van der Waals surface area contributed by atoms with Gasteiger partial charge in [-0.3, -0.25) is 24.6 Å². The van der Waals surface area contributed by atoms with Crippen LogP contribution in [0.3, 0.4) is 0 Å². The molecule has 3 fully saturated rings. The van der Waals surface area contributed by atoms with Crippen LogP contribution in [0.4, 0.5) is 13.2 Å². The van der Waals surface area contributed by atoms with Crippen molar-refractivity contribution in [3.63, 3.8) is 0 Å². The van der Waals surface area contributed by atoms with Crippen molar-refractivity contribution in [1.82, 2.24) is 15.1 Å². The van der Waals surface area contributed by atoms with Crippen molar-refractivity contribution in [1.29, 1.82) is 0 Å². The number of carbonyl (C=O) groups excluding carboxylic acids is 3. The summed E-state index contributed by atoms with van der Waals surface area (Å²) in [7, 11) is 0. The van der Waals surface area contributed by atoms with Crippen molar-refractivity contribution in [3.05, 3.63) is 59.2 Å². The lowest BCUT2D eigenvalue weighted by molar-refractivity contribution is -0.275. The summed E-state index contributed by atoms with van der Waals surface area (Å²) in [4.78, 5) is 40.6. The van der Waals surface area contributed by atoms with E-state index in [1.807, 2.05) is 6.07 Å². The molecule has 0 aromatic heterocycles. The fourth-order valence-corrected chi connectivity index (χ4v) is 6.45. The number of likely N-dealkylation sites (tertiary alicyclic amines) is 1. The van der Waals surface area contributed by atoms with Crippen molar-refractivity contribution in [3.8, 4) is 11.5 Å². The van der Waals surface area contributed by atoms with Crippen LogP contribution in [0.15, 0.2) is 42.5 Å². The molecule has 4 aliphatic rings. The number of rotatable bonds is 6. The van der Waals surface area contributed by atoms with Gasteiger partial charge in [-0.1, -0.05) is 24.6 Å². The van der Waals surface area contributed by atoms with Gasteiger partial charge in [0, 0.05) is 49.1 Å². The Balaban J connectivity index is 1.11. The summed E-state index contributed by atoms with van der Waals surface area (Å²) in [5.74, 6) is -0.544. The predicted molar refractivity (Wildman–Crippen MR) is 137 cm³/mol. The Kier molecular flexibility index (Phi) is 6.93. The minimum Gasteiger partial charge on any atom is -0.489 e. The summed E-state index contributed by atoms with van der Waals surface area (Å²) >= 11 is 0. The van der Waals surface area contributed by atoms with Crippen LogP contribution in [-0.2, 0) is 16.1 Å². The molecule has 3 heterocycles. The molecule has 1 saturated carbocycles. The van der Waals surface area contributed by atoms with Crippen molar-refractivity contribution in [2.24, 2.45) is 0 Å². The summed E-state index contributed by atoms with van der Waals surface area (Å²) in [6, 6.07) is 11.2. The molecular formula is C29H30F3N3O5. The number of alkyl halides is 3. The number of ether oxygens (including phenoxy) is 2. The molecule has 3 aliphatic heterocycles. The van der Waals surface area contributed by atoms with Crippen LogP contribution >= 0.6 is 0 Å². The van der Waals surface area contributed by atoms with Crippen LogP contribution in [0.5, 0.6) is 11.5 Å². The quantitative estimate of drug-likeness (QED) is 0.538. The first-order valence-corrected chi connectivity index (χ1v) is 13.7. The average Bonchev–Trinajstić information content (AvgIpc) is 3.19. The molecule has 0 spiro atoms. The van der Waals surface area contributed by atoms with Crippen LogP contribution in [-0.4, -0.2) is 65.2 Å². The number of fused-ring (bicyclic) bond motifs is 1. The van der Waals surface area contributed by atoms with E-state index in [9.17, 15) is 27.6 Å². The molecule has 6 rings (SSSR count). The molecule has 1 N–H and O–H groups in total. The number of imide groups is 1. The van der Waals surface area contributed by atoms with Crippen LogP contribution in [0.1, 0.15) is 65.9 Å². The maximum Gasteiger partial charge on any atom is 0.573 e. The van der Waals surface area contributed by atoms with Crippen LogP contribution in [0.2, 0.25) is 0 Å². The van der Waals surface area contributed by atoms with Crippen molar-refractivity contribution >= 4 is 17.7 Å². The first-order valence-electron chi connectivity index (χ1n) is 13.7. The molecule has 3 amide bonds. The summed E-state index contributed by atoms with van der Waals surface area (Å²) in [5.41, 5.74) is 1.88. The maximum atomic E-state index is 13.0. The Morgan fingerprint density at radius 3 is 2.50 bits per heavy atom. The highest BCUT2D eigenvalue weighted by Gasteiger charge is 2.42. The van der Waals surface area contributed by atoms with Gasteiger partial charge in [0.15, 0.2) is 0 Å². The van der Waals surface area contributed by atoms with Crippen LogP contribution in [0.25, 0.3) is 0 Å². The van der Waals surface area contributed by atoms with Crippen molar-refractivity contribution in [2.75, 3.05) is 13.1 Å². The molecule has 212 valence electrons. The molecular weight excluding hydrogens is 527 g/mol. The molecule has 2 aromatic carbocycles. The normalized spacial score (nSPS) is 25.8. The Morgan fingerprint density at radius 2 is 1.73 bits per heavy atom. The number of hydrogen-bond acceptors (Lipinski definition) is 6. The number of halogens is 3. The number of carbonyl (C=O) groups is 3. The van der Waals surface area contributed by atoms with Gasteiger partial charge in [-0.15, -0.1) is 13.2 Å². The zero-order valence-electron chi connectivity index (χ0n) is 21.8. The molecule has 0 bridgehead atoms. The minimum atomic E-state index is -4.73. The van der Waals surface area contributed by atoms with E-state index in [2.05, 4.69) is 15.0 Å². The summed E-state index contributed by atoms with van der Waals surface area (Å²) in [6.07, 6.45) is -0.443. The minimum absolute atomic E-state index is 0.0506. The predicted octanol–water partition coefficient (Wildman–Crippen LogP) is 4.14. The largest absolute Gasteiger partial charge is 0.573 e. The third-order valence-electron chi connectivity index (χ3n) is 8.41. The first kappa shape index (κ1) is 26.6. The first-order chi connectivity index (χ1) is 19.2. The van der Waals surface area contributed by atoms with E-state index >= 15 is 0 Å². The van der Waals surface area contributed by atoms with Gasteiger partial charge in [0.05, 0.1) is 0 Å². The Bertz CT molecular complexity index is 1330. The molecule has 40 heavy (non-hydrogen) atoms. The van der Waals surface area contributed by atoms with E-state index in [-0.39, 0.29) is 48.6 Å². The van der Waals surface area contributed by atoms with E-state index in [1.165, 1.54) is 11.0 Å². The van der Waals surface area contributed by atoms with E-state index < -0.39 is 18.3 Å². The number of piperidine rings is 1. The summed E-state index contributed by atoms with van der Waals surface area (Å²) < 4.78 is 49.4. The monoisotopic (exact) mass is 557 g/mol. The topological polar surface area (TPSA) is 88.2 Å². The van der Waals surface area contributed by atoms with Gasteiger partial charge in [0.25, 0.3) is 5.91 Å². The highest BCUT2D eigenvalue weighted by Crippen LogP contribution is 2.40. The zero-order valence-corrected chi connectivity index (χ0v) is 21.8. The lowest BCUT2D eigenvalue weighted by Crippen LogP contribution is -2.57. The fourth-order valence-electron chi connectivity index (χ4n) is 6.45. The second kappa shape index (κ2) is 10.4. The van der Waals surface area contributed by atoms with Gasteiger partial charge in [0.1, 0.15) is 23.6 Å². The highest BCUT2D eigenvalue weighted by molar-refractivity contribution is 6.05. The van der Waals surface area contributed by atoms with E-state index in [4.69, 9.17) is 4.74 Å². The third-order valence-corrected chi connectivity index (χ3v) is 8.41. The van der Waals surface area contributed by atoms with E-state index in [1.54, 1.807) is 30.3 Å². The Hall–Kier alpha value is -3.60. The maximum absolute atomic E-state index is 13.0. The average molecular weight is 558 g/mol. The molecule has 0 radical (unpaired) electrons. The van der Waals surface area contributed by atoms with Crippen molar-refractivity contribution in [2.45, 2.75) is 75.5 Å². The zero-order chi connectivity index (χ0) is 28.0. The summed E-state index contributed by atoms with van der Waals surface area (Å²) in [5, 5.41) is 2.31. The van der Waals surface area contributed by atoms with Crippen molar-refractivity contribution < 1.29 is 37.0 Å². The molecule has 1 aliphatic carbocycles. The Labute approximate surface area is 229 Å². The number of para-hydroxylation sites is 1. The lowest BCUT2D eigenvalue weighted by atomic mass is 9.84. The number of nitrogens with zero attached hydrogens (tertiary/aromatic N) is 2. The molecule has 2 aromatic rings. The fraction of sp³-hybridized carbons (Fsp3) is 0.483. The van der Waals surface area contributed by atoms with Crippen LogP contribution < -0.4 is 14.8 Å². The van der Waals surface area contributed by atoms with Gasteiger partial charge in [-0.05, 0) is 55.5 Å². The smallest absolute Gasteiger partial charge is 0.489 e. The molecule has 11 heteroatoms. The number of benzene rings is 2. The standard InChI is InChI=1S/C29H30F3N3O5/c30-29(31,32)40-24-7-3-1-5-20(24)18-14-34(15-18)22-6-2-4-8-25(22)39-19-9-10-21-17(13-19)16-35(28(21)38)23-11-12-26(36)33-27(23)37/h1,3,5,7,9-10,13,18,22-23,25H,2,4,6,8,11-12,14-16H2,(H,33,36,37). The van der Waals surface area contributed by atoms with E-state index in [0.717, 1.165) is 31.2 Å². The van der Waals surface area contributed by atoms with Gasteiger partial charge < -0.3 is 14.4 Å². The summed E-state index contributed by atoms with van der Waals surface area (Å²) in [6.45, 7) is 1.53. The lowest BCUT2D eigenvalue weighted by Gasteiger charge is -2.48. The molecule has 3 atom stereocenters. The second-order valence-electron chi connectivity index (χ2n) is 11.0. The SMILES string of the molecule is O=C1CCC(N2Cc3cc(OC4CCCCC4N4CC(c5ccccc5OC(F)(F)F)C4)ccc3C2=O)C(=O)N1.